The van der Waals surface area contributed by atoms with Gasteiger partial charge in [-0.3, -0.25) is 0 Å². The molecule has 4 aliphatic rings. The molecule has 0 aromatic heterocycles. The Morgan fingerprint density at radius 1 is 1.21 bits per heavy atom. The van der Waals surface area contributed by atoms with E-state index in [1.807, 2.05) is 0 Å². The maximum atomic E-state index is 13.6. The minimum Gasteiger partial charge on any atom is -0.207 e. The smallest absolute Gasteiger partial charge is 0.207 e. The van der Waals surface area contributed by atoms with Crippen LogP contribution in [0.2, 0.25) is 0 Å². The molecule has 3 saturated carbocycles. The molecule has 0 spiro atoms. The van der Waals surface area contributed by atoms with Crippen molar-refractivity contribution in [1.82, 2.24) is 0 Å². The van der Waals surface area contributed by atoms with E-state index >= 15 is 0 Å². The zero-order valence-electron chi connectivity index (χ0n) is 11.9. The Morgan fingerprint density at radius 2 is 1.79 bits per heavy atom. The average molecular weight is 265 g/mol. The van der Waals surface area contributed by atoms with Crippen LogP contribution >= 0.6 is 0 Å². The van der Waals surface area contributed by atoms with E-state index < -0.39 is 11.3 Å². The van der Waals surface area contributed by atoms with Gasteiger partial charge in [-0.15, -0.1) is 0 Å². The van der Waals surface area contributed by atoms with Crippen LogP contribution in [0.15, 0.2) is 11.1 Å². The summed E-state index contributed by atoms with van der Waals surface area (Å²) < 4.78 is 27.2. The monoisotopic (exact) mass is 265 g/mol. The van der Waals surface area contributed by atoms with Crippen molar-refractivity contribution in [3.63, 3.8) is 0 Å². The van der Waals surface area contributed by atoms with Crippen LogP contribution in [0.25, 0.3) is 0 Å². The second kappa shape index (κ2) is 3.40. The highest BCUT2D eigenvalue weighted by molar-refractivity contribution is 5.43. The fourth-order valence-electron chi connectivity index (χ4n) is 4.49. The number of hydrogen-bond donors (Lipinski definition) is 0. The van der Waals surface area contributed by atoms with E-state index in [1.165, 1.54) is 5.57 Å². The quantitative estimate of drug-likeness (QED) is 0.700. The van der Waals surface area contributed by atoms with Crippen molar-refractivity contribution >= 4 is 0 Å². The molecule has 2 bridgehead atoms. The van der Waals surface area contributed by atoms with Crippen molar-refractivity contribution in [2.45, 2.75) is 65.2 Å². The van der Waals surface area contributed by atoms with Crippen molar-refractivity contribution < 1.29 is 8.78 Å². The van der Waals surface area contributed by atoms with Gasteiger partial charge in [-0.1, -0.05) is 13.8 Å². The van der Waals surface area contributed by atoms with Crippen molar-refractivity contribution in [3.05, 3.63) is 11.1 Å². The van der Waals surface area contributed by atoms with E-state index in [9.17, 15) is 14.0 Å². The van der Waals surface area contributed by atoms with E-state index in [1.54, 1.807) is 0 Å². The molecule has 104 valence electrons. The standard InChI is InChI=1S/C16H21F2N/c1-13(2)5-4-11(7-19)12(6-13)15-8-16(9-15,10-15)14(3,17)18/h4-6,8-10H2,1-3H3. The molecule has 0 atom stereocenters. The maximum absolute atomic E-state index is 13.6. The van der Waals surface area contributed by atoms with Gasteiger partial charge in [0.25, 0.3) is 5.92 Å². The predicted octanol–water partition coefficient (Wildman–Crippen LogP) is 4.84. The first-order valence-electron chi connectivity index (χ1n) is 7.14. The summed E-state index contributed by atoms with van der Waals surface area (Å²) in [5.41, 5.74) is 1.54. The highest BCUT2D eigenvalue weighted by Crippen LogP contribution is 2.81. The van der Waals surface area contributed by atoms with Gasteiger partial charge in [0.1, 0.15) is 0 Å². The summed E-state index contributed by atoms with van der Waals surface area (Å²) in [6.45, 7) is 5.49. The number of alkyl halides is 2. The Labute approximate surface area is 113 Å². The third-order valence-corrected chi connectivity index (χ3v) is 5.81. The third-order valence-electron chi connectivity index (χ3n) is 5.81. The summed E-state index contributed by atoms with van der Waals surface area (Å²) in [7, 11) is 0. The molecule has 4 rings (SSSR count). The number of hydrogen-bond acceptors (Lipinski definition) is 1. The van der Waals surface area contributed by atoms with Gasteiger partial charge in [0.15, 0.2) is 0 Å². The molecule has 19 heavy (non-hydrogen) atoms. The van der Waals surface area contributed by atoms with Crippen LogP contribution in [-0.2, 0) is 0 Å². The molecule has 0 aromatic rings. The Kier molecular flexibility index (Phi) is 2.34. The van der Waals surface area contributed by atoms with Gasteiger partial charge in [0.05, 0.1) is 6.07 Å². The van der Waals surface area contributed by atoms with Gasteiger partial charge >= 0.3 is 0 Å². The zero-order valence-corrected chi connectivity index (χ0v) is 11.9. The second-order valence-electron chi connectivity index (χ2n) is 7.89. The van der Waals surface area contributed by atoms with Crippen LogP contribution in [0.4, 0.5) is 8.78 Å². The highest BCUT2D eigenvalue weighted by atomic mass is 19.3. The number of allylic oxidation sites excluding steroid dienone is 2. The Hall–Kier alpha value is -0.910. The molecule has 0 aliphatic heterocycles. The summed E-state index contributed by atoms with van der Waals surface area (Å²) >= 11 is 0. The molecule has 0 aromatic carbocycles. The predicted molar refractivity (Wildman–Crippen MR) is 69.6 cm³/mol. The maximum Gasteiger partial charge on any atom is 0.251 e. The molecular weight excluding hydrogens is 244 g/mol. The Balaban J connectivity index is 1.86. The van der Waals surface area contributed by atoms with Crippen molar-refractivity contribution in [2.75, 3.05) is 0 Å². The van der Waals surface area contributed by atoms with Gasteiger partial charge < -0.3 is 0 Å². The van der Waals surface area contributed by atoms with Gasteiger partial charge in [-0.05, 0) is 61.9 Å². The average Bonchev–Trinajstić information content (AvgIpc) is 2.09. The zero-order chi connectivity index (χ0) is 14.1. The molecule has 0 saturated heterocycles. The van der Waals surface area contributed by atoms with Crippen molar-refractivity contribution in [2.24, 2.45) is 16.2 Å². The van der Waals surface area contributed by atoms with E-state index in [0.717, 1.165) is 31.8 Å². The molecule has 0 amide bonds. The highest BCUT2D eigenvalue weighted by Gasteiger charge is 2.76. The fraction of sp³-hybridized carbons (Fsp3) is 0.812. The molecule has 0 unspecified atom stereocenters. The Morgan fingerprint density at radius 3 is 2.26 bits per heavy atom. The lowest BCUT2D eigenvalue weighted by Crippen LogP contribution is -2.69. The van der Waals surface area contributed by atoms with E-state index in [4.69, 9.17) is 0 Å². The van der Waals surface area contributed by atoms with Crippen molar-refractivity contribution in [1.29, 1.82) is 5.26 Å². The second-order valence-corrected chi connectivity index (χ2v) is 7.89. The molecule has 3 fully saturated rings. The summed E-state index contributed by atoms with van der Waals surface area (Å²) in [4.78, 5) is 0. The van der Waals surface area contributed by atoms with Crippen LogP contribution in [0, 0.1) is 27.6 Å². The summed E-state index contributed by atoms with van der Waals surface area (Å²) in [6, 6.07) is 2.33. The first-order chi connectivity index (χ1) is 8.63. The molecular formula is C16H21F2N. The lowest BCUT2D eigenvalue weighted by atomic mass is 9.30. The van der Waals surface area contributed by atoms with Gasteiger partial charge in [0, 0.05) is 11.0 Å². The van der Waals surface area contributed by atoms with Crippen LogP contribution in [-0.4, -0.2) is 5.92 Å². The number of halogens is 2. The molecule has 4 aliphatic carbocycles. The molecule has 0 radical (unpaired) electrons. The number of nitrogens with zero attached hydrogens (tertiary/aromatic N) is 1. The lowest BCUT2D eigenvalue weighted by Gasteiger charge is -2.74. The van der Waals surface area contributed by atoms with Gasteiger partial charge in [-0.25, -0.2) is 8.78 Å². The summed E-state index contributed by atoms with van der Waals surface area (Å²) in [5.74, 6) is -2.56. The van der Waals surface area contributed by atoms with Crippen molar-refractivity contribution in [3.8, 4) is 6.07 Å². The molecule has 1 nitrogen and oxygen atoms in total. The van der Waals surface area contributed by atoms with Crippen LogP contribution in [0.5, 0.6) is 0 Å². The third kappa shape index (κ3) is 1.61. The first-order valence-corrected chi connectivity index (χ1v) is 7.14. The van der Waals surface area contributed by atoms with E-state index in [-0.39, 0.29) is 10.8 Å². The van der Waals surface area contributed by atoms with Crippen LogP contribution in [0.3, 0.4) is 0 Å². The molecule has 0 N–H and O–H groups in total. The van der Waals surface area contributed by atoms with E-state index in [0.29, 0.717) is 19.3 Å². The van der Waals surface area contributed by atoms with Crippen LogP contribution in [0.1, 0.15) is 59.3 Å². The first kappa shape index (κ1) is 13.1. The molecule has 0 heterocycles. The normalized spacial score (nSPS) is 40.2. The number of rotatable bonds is 2. The summed E-state index contributed by atoms with van der Waals surface area (Å²) in [5, 5.41) is 9.30. The van der Waals surface area contributed by atoms with Gasteiger partial charge in [-0.2, -0.15) is 5.26 Å². The lowest BCUT2D eigenvalue weighted by molar-refractivity contribution is -0.295. The van der Waals surface area contributed by atoms with E-state index in [2.05, 4.69) is 19.9 Å². The Bertz CT molecular complexity index is 482. The summed E-state index contributed by atoms with van der Waals surface area (Å²) in [6.07, 6.45) is 4.57. The SMILES string of the molecule is CC1(C)CCC(C#N)=C(C23CC(C(C)(F)F)(C2)C3)C1. The number of nitriles is 1. The minimum absolute atomic E-state index is 0.0395. The molecule has 3 heteroatoms. The fourth-order valence-corrected chi connectivity index (χ4v) is 4.49. The minimum atomic E-state index is -2.56. The topological polar surface area (TPSA) is 23.8 Å². The van der Waals surface area contributed by atoms with Gasteiger partial charge in [0.2, 0.25) is 0 Å². The van der Waals surface area contributed by atoms with Crippen LogP contribution < -0.4 is 0 Å². The largest absolute Gasteiger partial charge is 0.251 e.